The molecule has 2 N–H and O–H groups in total. The highest BCUT2D eigenvalue weighted by molar-refractivity contribution is 14.0. The largest absolute Gasteiger partial charge is 0.496 e. The van der Waals surface area contributed by atoms with E-state index in [1.54, 1.807) is 13.2 Å². The van der Waals surface area contributed by atoms with Gasteiger partial charge in [0.15, 0.2) is 5.96 Å². The van der Waals surface area contributed by atoms with Crippen molar-refractivity contribution in [3.05, 3.63) is 28.8 Å². The van der Waals surface area contributed by atoms with E-state index in [0.29, 0.717) is 30.7 Å². The summed E-state index contributed by atoms with van der Waals surface area (Å²) in [6.07, 6.45) is -3.66. The Kier molecular flexibility index (Phi) is 10.1. The minimum Gasteiger partial charge on any atom is -0.496 e. The van der Waals surface area contributed by atoms with Crippen LogP contribution in [0.1, 0.15) is 24.8 Å². The van der Waals surface area contributed by atoms with Crippen molar-refractivity contribution in [1.29, 1.82) is 0 Å². The zero-order chi connectivity index (χ0) is 19.9. The number of aliphatic imine (C=N–C) groups is 1. The topological polar surface area (TPSA) is 54.9 Å². The predicted molar refractivity (Wildman–Crippen MR) is 115 cm³/mol. The summed E-state index contributed by atoms with van der Waals surface area (Å²) in [4.78, 5) is 4.02. The lowest BCUT2D eigenvalue weighted by Gasteiger charge is -2.39. The third-order valence-electron chi connectivity index (χ3n) is 4.70. The normalized spacial score (nSPS) is 16.9. The van der Waals surface area contributed by atoms with Crippen LogP contribution in [0.3, 0.4) is 0 Å². The van der Waals surface area contributed by atoms with Crippen molar-refractivity contribution >= 4 is 41.5 Å². The van der Waals surface area contributed by atoms with Gasteiger partial charge in [-0.3, -0.25) is 4.99 Å². The van der Waals surface area contributed by atoms with E-state index in [0.717, 1.165) is 24.2 Å². The van der Waals surface area contributed by atoms with Crippen molar-refractivity contribution in [3.63, 3.8) is 0 Å². The molecule has 0 aliphatic carbocycles. The van der Waals surface area contributed by atoms with Crippen molar-refractivity contribution in [2.45, 2.75) is 30.9 Å². The van der Waals surface area contributed by atoms with Gasteiger partial charge in [-0.1, -0.05) is 11.6 Å². The van der Waals surface area contributed by atoms with Crippen LogP contribution in [0.4, 0.5) is 13.2 Å². The van der Waals surface area contributed by atoms with E-state index in [9.17, 15) is 13.2 Å². The molecule has 1 aliphatic heterocycles. The van der Waals surface area contributed by atoms with Crippen LogP contribution in [-0.4, -0.2) is 52.6 Å². The monoisotopic (exact) mass is 535 g/mol. The Hall–Kier alpha value is -0.940. The molecule has 2 rings (SSSR count). The molecule has 0 saturated carbocycles. The van der Waals surface area contributed by atoms with Gasteiger partial charge in [0, 0.05) is 49.4 Å². The van der Waals surface area contributed by atoms with Crippen molar-refractivity contribution in [2.24, 2.45) is 4.99 Å². The quantitative estimate of drug-likeness (QED) is 0.327. The molecule has 0 atom stereocenters. The summed E-state index contributed by atoms with van der Waals surface area (Å²) in [5.74, 6) is 1.05. The smallest absolute Gasteiger partial charge is 0.390 e. The van der Waals surface area contributed by atoms with E-state index < -0.39 is 12.6 Å². The summed E-state index contributed by atoms with van der Waals surface area (Å²) in [7, 11) is 3.13. The molecule has 0 aromatic heterocycles. The number of nitrogens with one attached hydrogen (secondary N) is 2. The van der Waals surface area contributed by atoms with Crippen LogP contribution < -0.4 is 15.4 Å². The first-order valence-corrected chi connectivity index (χ1v) is 9.10. The molecular weight excluding hydrogens is 510 g/mol. The summed E-state index contributed by atoms with van der Waals surface area (Å²) >= 11 is 6.21. The maximum Gasteiger partial charge on any atom is 0.390 e. The van der Waals surface area contributed by atoms with Gasteiger partial charge >= 0.3 is 6.18 Å². The van der Waals surface area contributed by atoms with E-state index in [1.165, 1.54) is 7.05 Å². The second kappa shape index (κ2) is 11.3. The Morgan fingerprint density at radius 2 is 1.96 bits per heavy atom. The number of halogens is 5. The average Bonchev–Trinajstić information content (AvgIpc) is 2.64. The number of benzene rings is 1. The Labute approximate surface area is 185 Å². The van der Waals surface area contributed by atoms with Crippen LogP contribution in [-0.2, 0) is 10.2 Å². The number of guanidine groups is 1. The van der Waals surface area contributed by atoms with Gasteiger partial charge in [0.25, 0.3) is 0 Å². The molecule has 0 unspecified atom stereocenters. The number of alkyl halides is 3. The van der Waals surface area contributed by atoms with Gasteiger partial charge in [0.2, 0.25) is 0 Å². The molecule has 160 valence electrons. The lowest BCUT2D eigenvalue weighted by atomic mass is 9.73. The van der Waals surface area contributed by atoms with Gasteiger partial charge in [-0.15, -0.1) is 24.0 Å². The Balaban J connectivity index is 0.00000392. The summed E-state index contributed by atoms with van der Waals surface area (Å²) in [5, 5.41) is 6.46. The molecule has 0 radical (unpaired) electrons. The van der Waals surface area contributed by atoms with E-state index >= 15 is 0 Å². The van der Waals surface area contributed by atoms with Crippen LogP contribution in [0.5, 0.6) is 5.75 Å². The molecule has 1 fully saturated rings. The minimum absolute atomic E-state index is 0. The molecule has 1 heterocycles. The number of hydrogen-bond donors (Lipinski definition) is 2. The Morgan fingerprint density at radius 3 is 2.54 bits per heavy atom. The highest BCUT2D eigenvalue weighted by atomic mass is 127. The standard InChI is InChI=1S/C18H25ClF3N3O2.HI/c1-23-16(24-8-5-18(20,21)22)25-12-17(6-9-27-10-7-17)14-11-13(19)3-4-15(14)26-2;/h3-4,11H,5-10,12H2,1-2H3,(H2,23,24,25);1H. The number of ether oxygens (including phenoxy) is 2. The average molecular weight is 536 g/mol. The Bertz CT molecular complexity index is 653. The van der Waals surface area contributed by atoms with Crippen LogP contribution in [0.25, 0.3) is 0 Å². The lowest BCUT2D eigenvalue weighted by Crippen LogP contribution is -2.48. The summed E-state index contributed by atoms with van der Waals surface area (Å²) in [5.41, 5.74) is 0.634. The highest BCUT2D eigenvalue weighted by Crippen LogP contribution is 2.40. The third-order valence-corrected chi connectivity index (χ3v) is 4.94. The van der Waals surface area contributed by atoms with Gasteiger partial charge in [-0.2, -0.15) is 13.2 Å². The van der Waals surface area contributed by atoms with Crippen LogP contribution in [0, 0.1) is 0 Å². The van der Waals surface area contributed by atoms with Gasteiger partial charge in [0.05, 0.1) is 13.5 Å². The lowest BCUT2D eigenvalue weighted by molar-refractivity contribution is -0.132. The summed E-state index contributed by atoms with van der Waals surface area (Å²) in [6.45, 7) is 1.40. The molecule has 0 bridgehead atoms. The second-order valence-corrected chi connectivity index (χ2v) is 6.89. The zero-order valence-electron chi connectivity index (χ0n) is 15.9. The van der Waals surface area contributed by atoms with Crippen molar-refractivity contribution in [2.75, 3.05) is 40.5 Å². The first-order valence-electron chi connectivity index (χ1n) is 8.73. The number of hydrogen-bond acceptors (Lipinski definition) is 3. The van der Waals surface area contributed by atoms with Gasteiger partial charge < -0.3 is 20.1 Å². The number of nitrogens with zero attached hydrogens (tertiary/aromatic N) is 1. The van der Waals surface area contributed by atoms with Gasteiger partial charge in [-0.25, -0.2) is 0 Å². The zero-order valence-corrected chi connectivity index (χ0v) is 19.0. The first-order chi connectivity index (χ1) is 12.8. The fraction of sp³-hybridized carbons (Fsp3) is 0.611. The van der Waals surface area contributed by atoms with E-state index in [-0.39, 0.29) is 35.9 Å². The highest BCUT2D eigenvalue weighted by Gasteiger charge is 2.37. The third kappa shape index (κ3) is 7.14. The molecule has 10 heteroatoms. The van der Waals surface area contributed by atoms with Crippen LogP contribution in [0.2, 0.25) is 5.02 Å². The van der Waals surface area contributed by atoms with E-state index in [4.69, 9.17) is 21.1 Å². The number of methoxy groups -OCH3 is 1. The maximum absolute atomic E-state index is 12.3. The van der Waals surface area contributed by atoms with E-state index in [2.05, 4.69) is 15.6 Å². The predicted octanol–water partition coefficient (Wildman–Crippen LogP) is 4.13. The molecule has 1 aromatic carbocycles. The second-order valence-electron chi connectivity index (χ2n) is 6.46. The van der Waals surface area contributed by atoms with Crippen LogP contribution >= 0.6 is 35.6 Å². The maximum atomic E-state index is 12.3. The Morgan fingerprint density at radius 1 is 1.29 bits per heavy atom. The summed E-state index contributed by atoms with van der Waals surface area (Å²) in [6, 6.07) is 5.47. The fourth-order valence-electron chi connectivity index (χ4n) is 3.19. The molecule has 28 heavy (non-hydrogen) atoms. The van der Waals surface area contributed by atoms with Gasteiger partial charge in [-0.05, 0) is 31.0 Å². The summed E-state index contributed by atoms with van der Waals surface area (Å²) < 4.78 is 48.1. The van der Waals surface area contributed by atoms with Crippen molar-refractivity contribution in [3.8, 4) is 5.75 Å². The number of rotatable bonds is 6. The van der Waals surface area contributed by atoms with E-state index in [1.807, 2.05) is 12.1 Å². The first kappa shape index (κ1) is 25.1. The molecule has 5 nitrogen and oxygen atoms in total. The van der Waals surface area contributed by atoms with Crippen LogP contribution in [0.15, 0.2) is 23.2 Å². The van der Waals surface area contributed by atoms with Gasteiger partial charge in [0.1, 0.15) is 5.75 Å². The molecule has 0 amide bonds. The SMILES string of the molecule is CN=C(NCCC(F)(F)F)NCC1(c2cc(Cl)ccc2OC)CCOCC1.I. The van der Waals surface area contributed by atoms with Crippen molar-refractivity contribution < 1.29 is 22.6 Å². The molecule has 1 aliphatic rings. The molecule has 1 aromatic rings. The molecule has 1 saturated heterocycles. The minimum atomic E-state index is -4.21. The molecule has 0 spiro atoms. The molecular formula is C18H26ClF3IN3O2. The fourth-order valence-corrected chi connectivity index (χ4v) is 3.37. The van der Waals surface area contributed by atoms with Crippen molar-refractivity contribution in [1.82, 2.24) is 10.6 Å².